The van der Waals surface area contributed by atoms with Crippen molar-refractivity contribution in [2.75, 3.05) is 5.75 Å². The van der Waals surface area contributed by atoms with Crippen LogP contribution in [0.3, 0.4) is 0 Å². The van der Waals surface area contributed by atoms with Crippen molar-refractivity contribution in [3.63, 3.8) is 0 Å². The third-order valence-corrected chi connectivity index (χ3v) is 8.21. The number of aromatic nitrogens is 2. The number of ketones is 1. The Balaban J connectivity index is 1.61. The molecule has 0 bridgehead atoms. The Bertz CT molecular complexity index is 1380. The summed E-state index contributed by atoms with van der Waals surface area (Å²) >= 11 is 2.83. The van der Waals surface area contributed by atoms with Gasteiger partial charge in [-0.25, -0.2) is 4.98 Å². The predicted molar refractivity (Wildman–Crippen MR) is 134 cm³/mol. The number of carbonyl (C=O) groups excluding carboxylic acids is 1. The Hall–Kier alpha value is -2.74. The Morgan fingerprint density at radius 1 is 1.15 bits per heavy atom. The number of thioether (sulfide) groups is 1. The van der Waals surface area contributed by atoms with Crippen molar-refractivity contribution >= 4 is 39.1 Å². The molecule has 2 aromatic heterocycles. The maximum Gasteiger partial charge on any atom is 0.267 e. The number of para-hydroxylation sites is 1. The van der Waals surface area contributed by atoms with Gasteiger partial charge in [0.2, 0.25) is 0 Å². The van der Waals surface area contributed by atoms with Crippen LogP contribution in [-0.4, -0.2) is 26.7 Å². The van der Waals surface area contributed by atoms with E-state index in [9.17, 15) is 9.59 Å². The van der Waals surface area contributed by atoms with Crippen LogP contribution in [0.1, 0.15) is 41.1 Å². The molecule has 2 aromatic carbocycles. The molecule has 5 nitrogen and oxygen atoms in total. The molecule has 3 heterocycles. The smallest absolute Gasteiger partial charge is 0.267 e. The van der Waals surface area contributed by atoms with E-state index < -0.39 is 0 Å². The molecule has 0 N–H and O–H groups in total. The van der Waals surface area contributed by atoms with Gasteiger partial charge in [0.25, 0.3) is 5.56 Å². The molecule has 1 aliphatic heterocycles. The maximum atomic E-state index is 13.9. The summed E-state index contributed by atoms with van der Waals surface area (Å²) in [6, 6.07) is 18.7. The summed E-state index contributed by atoms with van der Waals surface area (Å²) in [4.78, 5) is 33.3. The van der Waals surface area contributed by atoms with Crippen LogP contribution >= 0.6 is 23.1 Å². The van der Waals surface area contributed by atoms with Gasteiger partial charge in [0.05, 0.1) is 29.0 Å². The molecular weight excluding hydrogens is 452 g/mol. The molecule has 7 heteroatoms. The van der Waals surface area contributed by atoms with Crippen molar-refractivity contribution < 1.29 is 9.53 Å². The zero-order valence-electron chi connectivity index (χ0n) is 18.5. The lowest BCUT2D eigenvalue weighted by Gasteiger charge is -2.32. The summed E-state index contributed by atoms with van der Waals surface area (Å²) in [6.07, 6.45) is 1.57. The van der Waals surface area contributed by atoms with Crippen LogP contribution in [0.4, 0.5) is 0 Å². The number of hydrogen-bond donors (Lipinski definition) is 0. The number of nitrogens with zero attached hydrogens (tertiary/aromatic N) is 2. The quantitative estimate of drug-likeness (QED) is 0.204. The second kappa shape index (κ2) is 8.89. The fourth-order valence-electron chi connectivity index (χ4n) is 4.07. The van der Waals surface area contributed by atoms with Crippen molar-refractivity contribution in [1.82, 2.24) is 9.55 Å². The zero-order valence-corrected chi connectivity index (χ0v) is 20.2. The van der Waals surface area contributed by atoms with Gasteiger partial charge < -0.3 is 4.74 Å². The molecule has 0 saturated carbocycles. The van der Waals surface area contributed by atoms with Crippen LogP contribution in [0, 0.1) is 0 Å². The average Bonchev–Trinajstić information content (AvgIpc) is 3.21. The minimum atomic E-state index is -0.277. The van der Waals surface area contributed by atoms with Gasteiger partial charge in [-0.1, -0.05) is 67.2 Å². The van der Waals surface area contributed by atoms with Crippen LogP contribution in [0.25, 0.3) is 15.9 Å². The second-order valence-electron chi connectivity index (χ2n) is 8.40. The molecule has 5 rings (SSSR count). The van der Waals surface area contributed by atoms with Crippen LogP contribution in [-0.2, 0) is 17.8 Å². The third kappa shape index (κ3) is 4.16. The number of benzene rings is 2. The number of rotatable bonds is 6. The highest BCUT2D eigenvalue weighted by molar-refractivity contribution is 7.99. The summed E-state index contributed by atoms with van der Waals surface area (Å²) in [5, 5.41) is 1.21. The fourth-order valence-corrected chi connectivity index (χ4v) is 6.12. The molecule has 1 aliphatic rings. The van der Waals surface area contributed by atoms with Gasteiger partial charge in [-0.05, 0) is 31.0 Å². The van der Waals surface area contributed by atoms with Gasteiger partial charge in [-0.3, -0.25) is 14.2 Å². The Morgan fingerprint density at radius 2 is 1.85 bits per heavy atom. The Labute approximate surface area is 200 Å². The Kier molecular flexibility index (Phi) is 5.95. The van der Waals surface area contributed by atoms with Gasteiger partial charge >= 0.3 is 0 Å². The molecule has 168 valence electrons. The molecule has 33 heavy (non-hydrogen) atoms. The molecule has 1 atom stereocenters. The monoisotopic (exact) mass is 476 g/mol. The molecule has 0 aliphatic carbocycles. The van der Waals surface area contributed by atoms with Crippen molar-refractivity contribution in [2.45, 2.75) is 44.1 Å². The van der Waals surface area contributed by atoms with E-state index in [-0.39, 0.29) is 22.7 Å². The third-order valence-electron chi connectivity index (χ3n) is 6.17. The lowest BCUT2D eigenvalue weighted by atomic mass is 9.90. The van der Waals surface area contributed by atoms with E-state index in [1.807, 2.05) is 60.7 Å². The molecular formula is C26H24N2O3S2. The summed E-state index contributed by atoms with van der Waals surface area (Å²) in [5.41, 5.74) is 2.10. The summed E-state index contributed by atoms with van der Waals surface area (Å²) in [6.45, 7) is 4.71. The second-order valence-corrected chi connectivity index (χ2v) is 10.4. The van der Waals surface area contributed by atoms with E-state index in [2.05, 4.69) is 13.8 Å². The van der Waals surface area contributed by atoms with E-state index in [1.165, 1.54) is 23.1 Å². The number of Topliss-reactive ketones (excluding diaryl/α,β-unsaturated/α-hetero) is 1. The van der Waals surface area contributed by atoms with Crippen LogP contribution < -0.4 is 5.56 Å². The van der Waals surface area contributed by atoms with Gasteiger partial charge in [0.15, 0.2) is 10.9 Å². The first-order valence-electron chi connectivity index (χ1n) is 11.0. The van der Waals surface area contributed by atoms with Crippen molar-refractivity contribution in [3.05, 3.63) is 87.0 Å². The molecule has 0 unspecified atom stereocenters. The summed E-state index contributed by atoms with van der Waals surface area (Å²) < 4.78 is 7.76. The zero-order chi connectivity index (χ0) is 23.0. The van der Waals surface area contributed by atoms with Crippen LogP contribution in [0.5, 0.6) is 0 Å². The molecule has 0 saturated heterocycles. The number of hydrogen-bond acceptors (Lipinski definition) is 6. The van der Waals surface area contributed by atoms with Crippen molar-refractivity contribution in [1.29, 1.82) is 0 Å². The normalized spacial score (nSPS) is 17.8. The van der Waals surface area contributed by atoms with E-state index in [0.29, 0.717) is 29.1 Å². The lowest BCUT2D eigenvalue weighted by molar-refractivity contribution is -0.0543. The lowest BCUT2D eigenvalue weighted by Crippen LogP contribution is -2.34. The van der Waals surface area contributed by atoms with Crippen molar-refractivity contribution in [3.8, 4) is 5.69 Å². The van der Waals surface area contributed by atoms with Gasteiger partial charge in [0, 0.05) is 16.9 Å². The molecule has 0 spiro atoms. The molecule has 0 amide bonds. The SMILES string of the molecule is CC[C@@]1(C)Cc2c(sc3nc(SCC(=O)c4ccccc4)n(-c4ccccc4)c(=O)c23)CO1. The molecule has 0 radical (unpaired) electrons. The first kappa shape index (κ1) is 22.1. The van der Waals surface area contributed by atoms with E-state index >= 15 is 0 Å². The fraction of sp³-hybridized carbons (Fsp3) is 0.269. The largest absolute Gasteiger partial charge is 0.369 e. The Morgan fingerprint density at radius 3 is 2.55 bits per heavy atom. The standard InChI is InChI=1S/C26H24N2O3S2/c1-3-26(2)14-19-21(15-31-26)33-23-22(19)24(30)28(18-12-8-5-9-13-18)25(27-23)32-16-20(29)17-10-6-4-7-11-17/h4-13H,3,14-16H2,1-2H3/t26-/m0/s1. The number of fused-ring (bicyclic) bond motifs is 3. The number of ether oxygens (including phenoxy) is 1. The van der Waals surface area contributed by atoms with E-state index in [4.69, 9.17) is 9.72 Å². The van der Waals surface area contributed by atoms with Crippen LogP contribution in [0.15, 0.2) is 70.6 Å². The van der Waals surface area contributed by atoms with Crippen molar-refractivity contribution in [2.24, 2.45) is 0 Å². The highest BCUT2D eigenvalue weighted by atomic mass is 32.2. The first-order valence-corrected chi connectivity index (χ1v) is 12.8. The van der Waals surface area contributed by atoms with Gasteiger partial charge in [0.1, 0.15) is 4.83 Å². The molecule has 4 aromatic rings. The average molecular weight is 477 g/mol. The summed E-state index contributed by atoms with van der Waals surface area (Å²) in [7, 11) is 0. The predicted octanol–water partition coefficient (Wildman–Crippen LogP) is 5.66. The minimum Gasteiger partial charge on any atom is -0.369 e. The maximum absolute atomic E-state index is 13.9. The highest BCUT2D eigenvalue weighted by Crippen LogP contribution is 2.39. The number of carbonyl (C=O) groups is 1. The first-order chi connectivity index (χ1) is 16.0. The molecule has 0 fully saturated rings. The highest BCUT2D eigenvalue weighted by Gasteiger charge is 2.33. The minimum absolute atomic E-state index is 0.00661. The van der Waals surface area contributed by atoms with Gasteiger partial charge in [-0.2, -0.15) is 0 Å². The summed E-state index contributed by atoms with van der Waals surface area (Å²) in [5.74, 6) is 0.212. The van der Waals surface area contributed by atoms with Crippen LogP contribution in [0.2, 0.25) is 0 Å². The van der Waals surface area contributed by atoms with Gasteiger partial charge in [-0.15, -0.1) is 11.3 Å². The van der Waals surface area contributed by atoms with E-state index in [0.717, 1.165) is 27.4 Å². The topological polar surface area (TPSA) is 61.2 Å². The number of thiophene rings is 1. The van der Waals surface area contributed by atoms with E-state index in [1.54, 1.807) is 4.57 Å².